The van der Waals surface area contributed by atoms with E-state index in [1.54, 1.807) is 12.1 Å². The molecular weight excluding hydrogens is 200 g/mol. The minimum atomic E-state index is 0.329. The third-order valence-electron chi connectivity index (χ3n) is 2.93. The summed E-state index contributed by atoms with van der Waals surface area (Å²) in [4.78, 5) is 0. The molecule has 3 heteroatoms. The predicted octanol–water partition coefficient (Wildman–Crippen LogP) is 2.49. The zero-order valence-electron chi connectivity index (χ0n) is 9.96. The summed E-state index contributed by atoms with van der Waals surface area (Å²) in [7, 11) is 0. The van der Waals surface area contributed by atoms with E-state index in [0.29, 0.717) is 17.7 Å². The van der Waals surface area contributed by atoms with E-state index < -0.39 is 0 Å². The molecule has 1 aromatic rings. The smallest absolute Gasteiger partial charge is 0.117 e. The lowest BCUT2D eigenvalue weighted by atomic mass is 9.97. The first-order chi connectivity index (χ1) is 7.66. The van der Waals surface area contributed by atoms with E-state index in [2.05, 4.69) is 24.5 Å². The molecule has 0 saturated heterocycles. The first-order valence-electron chi connectivity index (χ1n) is 5.97. The Bertz CT molecular complexity index is 363. The molecule has 88 valence electrons. The van der Waals surface area contributed by atoms with Crippen molar-refractivity contribution < 1.29 is 5.11 Å². The largest absolute Gasteiger partial charge is 0.508 e. The summed E-state index contributed by atoms with van der Waals surface area (Å²) in [5.41, 5.74) is 2.33. The second-order valence-electron chi connectivity index (χ2n) is 4.84. The lowest BCUT2D eigenvalue weighted by Crippen LogP contribution is -2.30. The molecular formula is C13H20N2O. The van der Waals surface area contributed by atoms with Gasteiger partial charge in [0.2, 0.25) is 0 Å². The van der Waals surface area contributed by atoms with Gasteiger partial charge in [-0.1, -0.05) is 19.9 Å². The lowest BCUT2D eigenvalue weighted by Gasteiger charge is -2.28. The van der Waals surface area contributed by atoms with Gasteiger partial charge in [0.15, 0.2) is 0 Å². The molecule has 1 unspecified atom stereocenters. The first-order valence-corrected chi connectivity index (χ1v) is 5.97. The van der Waals surface area contributed by atoms with Gasteiger partial charge in [0.1, 0.15) is 5.75 Å². The van der Waals surface area contributed by atoms with E-state index >= 15 is 0 Å². The maximum Gasteiger partial charge on any atom is 0.117 e. The molecule has 0 aliphatic carbocycles. The van der Waals surface area contributed by atoms with Crippen molar-refractivity contribution in [3.05, 3.63) is 23.8 Å². The molecule has 2 rings (SSSR count). The number of phenols is 1. The predicted molar refractivity (Wildman–Crippen MR) is 66.8 cm³/mol. The van der Waals surface area contributed by atoms with E-state index in [1.807, 2.05) is 6.07 Å². The Morgan fingerprint density at radius 1 is 1.50 bits per heavy atom. The number of hydrogen-bond donors (Lipinski definition) is 3. The summed E-state index contributed by atoms with van der Waals surface area (Å²) in [5.74, 6) is 0.992. The van der Waals surface area contributed by atoms with Gasteiger partial charge in [-0.2, -0.15) is 0 Å². The van der Waals surface area contributed by atoms with Crippen LogP contribution in [0, 0.1) is 5.92 Å². The van der Waals surface area contributed by atoms with Gasteiger partial charge in [-0.3, -0.25) is 0 Å². The summed E-state index contributed by atoms with van der Waals surface area (Å²) in [6.07, 6.45) is 1.10. The number of rotatable bonds is 3. The molecule has 1 aliphatic heterocycles. The topological polar surface area (TPSA) is 44.3 Å². The van der Waals surface area contributed by atoms with Crippen molar-refractivity contribution in [1.29, 1.82) is 0 Å². The summed E-state index contributed by atoms with van der Waals surface area (Å²) in [6.45, 7) is 6.43. The second kappa shape index (κ2) is 4.74. The maximum absolute atomic E-state index is 9.43. The molecule has 1 heterocycles. The molecule has 0 aromatic heterocycles. The van der Waals surface area contributed by atoms with Crippen LogP contribution in [-0.2, 0) is 0 Å². The molecule has 1 aromatic carbocycles. The van der Waals surface area contributed by atoms with Gasteiger partial charge in [0.25, 0.3) is 0 Å². The average molecular weight is 220 g/mol. The highest BCUT2D eigenvalue weighted by Crippen LogP contribution is 2.32. The van der Waals surface area contributed by atoms with Crippen molar-refractivity contribution in [1.82, 2.24) is 5.32 Å². The monoisotopic (exact) mass is 220 g/mol. The zero-order chi connectivity index (χ0) is 11.5. The van der Waals surface area contributed by atoms with E-state index in [9.17, 15) is 5.11 Å². The van der Waals surface area contributed by atoms with Crippen LogP contribution in [0.15, 0.2) is 18.2 Å². The number of aromatic hydroxyl groups is 1. The van der Waals surface area contributed by atoms with Crippen LogP contribution in [0.2, 0.25) is 0 Å². The molecule has 0 fully saturated rings. The third-order valence-corrected chi connectivity index (χ3v) is 2.93. The highest BCUT2D eigenvalue weighted by molar-refractivity contribution is 5.57. The van der Waals surface area contributed by atoms with Gasteiger partial charge >= 0.3 is 0 Å². The van der Waals surface area contributed by atoms with E-state index in [0.717, 1.165) is 25.2 Å². The highest BCUT2D eigenvalue weighted by Gasteiger charge is 2.19. The van der Waals surface area contributed by atoms with Gasteiger partial charge in [-0.25, -0.2) is 0 Å². The van der Waals surface area contributed by atoms with Crippen molar-refractivity contribution >= 4 is 5.69 Å². The second-order valence-corrected chi connectivity index (χ2v) is 4.84. The van der Waals surface area contributed by atoms with Gasteiger partial charge in [0, 0.05) is 24.3 Å². The van der Waals surface area contributed by atoms with Crippen LogP contribution >= 0.6 is 0 Å². The Morgan fingerprint density at radius 3 is 3.06 bits per heavy atom. The highest BCUT2D eigenvalue weighted by atomic mass is 16.3. The minimum Gasteiger partial charge on any atom is -0.508 e. The van der Waals surface area contributed by atoms with Gasteiger partial charge in [-0.05, 0) is 30.5 Å². The fourth-order valence-electron chi connectivity index (χ4n) is 2.10. The molecule has 0 radical (unpaired) electrons. The zero-order valence-corrected chi connectivity index (χ0v) is 9.96. The molecule has 0 saturated carbocycles. The van der Waals surface area contributed by atoms with Crippen LogP contribution in [-0.4, -0.2) is 18.2 Å². The van der Waals surface area contributed by atoms with Crippen molar-refractivity contribution in [3.8, 4) is 5.75 Å². The fourth-order valence-corrected chi connectivity index (χ4v) is 2.10. The first kappa shape index (κ1) is 11.3. The third kappa shape index (κ3) is 2.47. The molecule has 0 amide bonds. The van der Waals surface area contributed by atoms with Crippen LogP contribution in [0.5, 0.6) is 5.75 Å². The van der Waals surface area contributed by atoms with E-state index in [-0.39, 0.29) is 0 Å². The molecule has 3 nitrogen and oxygen atoms in total. The Hall–Kier alpha value is -1.22. The number of anilines is 1. The number of benzene rings is 1. The standard InChI is InChI=1S/C13H20N2O/c1-9(2)8-15-12-5-6-14-13-7-10(16)3-4-11(12)13/h3-4,7,9,12,14-16H,5-6,8H2,1-2H3. The molecule has 0 spiro atoms. The Balaban J connectivity index is 2.13. The molecule has 3 N–H and O–H groups in total. The summed E-state index contributed by atoms with van der Waals surface area (Å²) in [5, 5.41) is 16.3. The van der Waals surface area contributed by atoms with Gasteiger partial charge < -0.3 is 15.7 Å². The number of phenolic OH excluding ortho intramolecular Hbond substituents is 1. The van der Waals surface area contributed by atoms with Gasteiger partial charge in [-0.15, -0.1) is 0 Å². The number of hydrogen-bond acceptors (Lipinski definition) is 3. The number of nitrogens with one attached hydrogen (secondary N) is 2. The van der Waals surface area contributed by atoms with Crippen molar-refractivity contribution in [2.24, 2.45) is 5.92 Å². The minimum absolute atomic E-state index is 0.329. The molecule has 0 bridgehead atoms. The van der Waals surface area contributed by atoms with Gasteiger partial charge in [0.05, 0.1) is 0 Å². The molecule has 16 heavy (non-hydrogen) atoms. The summed E-state index contributed by atoms with van der Waals surface area (Å²) < 4.78 is 0. The van der Waals surface area contributed by atoms with Crippen molar-refractivity contribution in [3.63, 3.8) is 0 Å². The maximum atomic E-state index is 9.43. The summed E-state index contributed by atoms with van der Waals surface area (Å²) >= 11 is 0. The van der Waals surface area contributed by atoms with Crippen LogP contribution in [0.1, 0.15) is 31.9 Å². The van der Waals surface area contributed by atoms with Crippen molar-refractivity contribution in [2.75, 3.05) is 18.4 Å². The van der Waals surface area contributed by atoms with Crippen LogP contribution < -0.4 is 10.6 Å². The van der Waals surface area contributed by atoms with E-state index in [4.69, 9.17) is 0 Å². The Kier molecular flexibility index (Phi) is 3.34. The average Bonchev–Trinajstić information content (AvgIpc) is 2.25. The molecule has 1 atom stereocenters. The molecule has 1 aliphatic rings. The number of fused-ring (bicyclic) bond motifs is 1. The summed E-state index contributed by atoms with van der Waals surface area (Å²) in [6, 6.07) is 5.99. The van der Waals surface area contributed by atoms with Crippen LogP contribution in [0.3, 0.4) is 0 Å². The quantitative estimate of drug-likeness (QED) is 0.733. The van der Waals surface area contributed by atoms with Crippen LogP contribution in [0.4, 0.5) is 5.69 Å². The van der Waals surface area contributed by atoms with Crippen LogP contribution in [0.25, 0.3) is 0 Å². The lowest BCUT2D eigenvalue weighted by molar-refractivity contribution is 0.450. The van der Waals surface area contributed by atoms with E-state index in [1.165, 1.54) is 5.56 Å². The SMILES string of the molecule is CC(C)CNC1CCNc2cc(O)ccc21. The Labute approximate surface area is 96.9 Å². The van der Waals surface area contributed by atoms with Crippen molar-refractivity contribution in [2.45, 2.75) is 26.3 Å². The fraction of sp³-hybridized carbons (Fsp3) is 0.538. The normalized spacial score (nSPS) is 19.3. The Morgan fingerprint density at radius 2 is 2.31 bits per heavy atom.